The molecule has 0 bridgehead atoms. The summed E-state index contributed by atoms with van der Waals surface area (Å²) in [6.07, 6.45) is 8.25. The topological polar surface area (TPSA) is 64.7 Å². The van der Waals surface area contributed by atoms with Gasteiger partial charge in [-0.15, -0.1) is 0 Å². The maximum absolute atomic E-state index is 12.0. The standard InChI is InChI=1S/C28H32Cl4N4O2/c29-23-7-3-21(19-25(23)31)5-9-27(37)33-11-1-13-35-15-17-36(18-16-35)14-2-12-34-28(38)10-6-22-4-8-24(30)26(32)20-22/h3-10,19-20H,1-2,11-18H2,(H,33,37)(H,34,38)/b9-5+,10-6+. The van der Waals surface area contributed by atoms with Crippen LogP contribution in [-0.4, -0.2) is 74.0 Å². The van der Waals surface area contributed by atoms with Crippen LogP contribution in [0.25, 0.3) is 12.2 Å². The molecule has 0 aromatic heterocycles. The van der Waals surface area contributed by atoms with Crippen LogP contribution >= 0.6 is 46.4 Å². The van der Waals surface area contributed by atoms with Crippen LogP contribution in [0.15, 0.2) is 48.6 Å². The Morgan fingerprint density at radius 3 is 1.42 bits per heavy atom. The summed E-state index contributed by atoms with van der Waals surface area (Å²) >= 11 is 23.8. The Morgan fingerprint density at radius 1 is 0.658 bits per heavy atom. The van der Waals surface area contributed by atoms with Gasteiger partial charge in [0.1, 0.15) is 0 Å². The third kappa shape index (κ3) is 11.0. The average Bonchev–Trinajstić information content (AvgIpc) is 2.91. The third-order valence-electron chi connectivity index (χ3n) is 6.11. The highest BCUT2D eigenvalue weighted by molar-refractivity contribution is 6.42. The van der Waals surface area contributed by atoms with Gasteiger partial charge in [-0.05, 0) is 73.5 Å². The molecule has 1 aliphatic heterocycles. The van der Waals surface area contributed by atoms with E-state index in [1.165, 1.54) is 12.2 Å². The van der Waals surface area contributed by atoms with E-state index in [0.717, 1.165) is 63.2 Å². The maximum Gasteiger partial charge on any atom is 0.243 e. The highest BCUT2D eigenvalue weighted by Crippen LogP contribution is 2.24. The normalized spacial score (nSPS) is 14.8. The van der Waals surface area contributed by atoms with Gasteiger partial charge >= 0.3 is 0 Å². The molecule has 1 aliphatic rings. The van der Waals surface area contributed by atoms with Crippen molar-refractivity contribution >= 4 is 70.4 Å². The molecule has 2 N–H and O–H groups in total. The van der Waals surface area contributed by atoms with Crippen LogP contribution < -0.4 is 10.6 Å². The van der Waals surface area contributed by atoms with E-state index >= 15 is 0 Å². The van der Waals surface area contributed by atoms with Crippen LogP contribution in [0.5, 0.6) is 0 Å². The molecule has 0 atom stereocenters. The maximum atomic E-state index is 12.0. The average molecular weight is 598 g/mol. The SMILES string of the molecule is O=C(/C=C/c1ccc(Cl)c(Cl)c1)NCCCN1CCN(CCCNC(=O)/C=C/c2ccc(Cl)c(Cl)c2)CC1. The Bertz CT molecular complexity index is 1060. The summed E-state index contributed by atoms with van der Waals surface area (Å²) in [7, 11) is 0. The fraction of sp³-hybridized carbons (Fsp3) is 0.357. The number of hydrogen-bond donors (Lipinski definition) is 2. The molecular weight excluding hydrogens is 566 g/mol. The fourth-order valence-corrected chi connectivity index (χ4v) is 4.57. The third-order valence-corrected chi connectivity index (χ3v) is 7.59. The summed E-state index contributed by atoms with van der Waals surface area (Å²) in [6.45, 7) is 7.17. The zero-order valence-corrected chi connectivity index (χ0v) is 24.1. The summed E-state index contributed by atoms with van der Waals surface area (Å²) in [5.41, 5.74) is 1.65. The van der Waals surface area contributed by atoms with Gasteiger partial charge in [0.15, 0.2) is 0 Å². The first kappa shape index (κ1) is 30.5. The molecule has 0 radical (unpaired) electrons. The second kappa shape index (κ2) is 16.1. The van der Waals surface area contributed by atoms with E-state index in [0.29, 0.717) is 33.2 Å². The largest absolute Gasteiger partial charge is 0.353 e. The van der Waals surface area contributed by atoms with E-state index in [-0.39, 0.29) is 11.8 Å². The second-order valence-corrected chi connectivity index (χ2v) is 10.6. The molecule has 204 valence electrons. The van der Waals surface area contributed by atoms with Crippen LogP contribution in [0.4, 0.5) is 0 Å². The highest BCUT2D eigenvalue weighted by Gasteiger charge is 2.16. The molecule has 2 aromatic rings. The van der Waals surface area contributed by atoms with Crippen LogP contribution in [-0.2, 0) is 9.59 Å². The number of halogens is 4. The number of benzene rings is 2. The van der Waals surface area contributed by atoms with Crippen molar-refractivity contribution in [1.29, 1.82) is 0 Å². The van der Waals surface area contributed by atoms with Crippen molar-refractivity contribution in [2.75, 3.05) is 52.4 Å². The van der Waals surface area contributed by atoms with E-state index in [1.807, 2.05) is 12.1 Å². The number of carbonyl (C=O) groups excluding carboxylic acids is 2. The molecule has 0 saturated carbocycles. The molecule has 2 aromatic carbocycles. The lowest BCUT2D eigenvalue weighted by molar-refractivity contribution is -0.117. The molecule has 1 fully saturated rings. The van der Waals surface area contributed by atoms with Gasteiger partial charge in [-0.1, -0.05) is 58.5 Å². The molecule has 10 heteroatoms. The van der Waals surface area contributed by atoms with Gasteiger partial charge in [0.05, 0.1) is 20.1 Å². The molecule has 6 nitrogen and oxygen atoms in total. The Morgan fingerprint density at radius 2 is 1.05 bits per heavy atom. The number of hydrogen-bond acceptors (Lipinski definition) is 4. The number of piperazine rings is 1. The lowest BCUT2D eigenvalue weighted by Gasteiger charge is -2.34. The van der Waals surface area contributed by atoms with Crippen molar-refractivity contribution in [3.8, 4) is 0 Å². The van der Waals surface area contributed by atoms with E-state index in [2.05, 4.69) is 20.4 Å². The first-order valence-corrected chi connectivity index (χ1v) is 14.1. The minimum atomic E-state index is -0.127. The lowest BCUT2D eigenvalue weighted by Crippen LogP contribution is -2.47. The summed E-state index contributed by atoms with van der Waals surface area (Å²) < 4.78 is 0. The molecular formula is C28H32Cl4N4O2. The fourth-order valence-electron chi connectivity index (χ4n) is 3.96. The molecule has 38 heavy (non-hydrogen) atoms. The lowest BCUT2D eigenvalue weighted by atomic mass is 10.2. The Hall–Kier alpha value is -2.06. The molecule has 1 saturated heterocycles. The van der Waals surface area contributed by atoms with Crippen LogP contribution in [0.3, 0.4) is 0 Å². The molecule has 0 unspecified atom stereocenters. The highest BCUT2D eigenvalue weighted by atomic mass is 35.5. The number of rotatable bonds is 12. The number of nitrogens with zero attached hydrogens (tertiary/aromatic N) is 2. The zero-order chi connectivity index (χ0) is 27.3. The second-order valence-electron chi connectivity index (χ2n) is 8.99. The van der Waals surface area contributed by atoms with Crippen LogP contribution in [0, 0.1) is 0 Å². The predicted molar refractivity (Wildman–Crippen MR) is 159 cm³/mol. The summed E-state index contributed by atoms with van der Waals surface area (Å²) in [6, 6.07) is 10.5. The van der Waals surface area contributed by atoms with Crippen molar-refractivity contribution < 1.29 is 9.59 Å². The van der Waals surface area contributed by atoms with Crippen molar-refractivity contribution in [3.63, 3.8) is 0 Å². The summed E-state index contributed by atoms with van der Waals surface area (Å²) in [4.78, 5) is 28.9. The van der Waals surface area contributed by atoms with Crippen LogP contribution in [0.2, 0.25) is 20.1 Å². The smallest absolute Gasteiger partial charge is 0.243 e. The van der Waals surface area contributed by atoms with Crippen molar-refractivity contribution in [1.82, 2.24) is 20.4 Å². The molecule has 0 spiro atoms. The number of amides is 2. The number of nitrogens with one attached hydrogen (secondary N) is 2. The monoisotopic (exact) mass is 596 g/mol. The van der Waals surface area contributed by atoms with E-state index < -0.39 is 0 Å². The van der Waals surface area contributed by atoms with Gasteiger partial charge in [-0.3, -0.25) is 9.59 Å². The first-order chi connectivity index (χ1) is 18.3. The van der Waals surface area contributed by atoms with Crippen molar-refractivity contribution in [2.24, 2.45) is 0 Å². The molecule has 2 amide bonds. The zero-order valence-electron chi connectivity index (χ0n) is 21.1. The Balaban J connectivity index is 1.21. The minimum Gasteiger partial charge on any atom is -0.353 e. The van der Waals surface area contributed by atoms with E-state index in [4.69, 9.17) is 46.4 Å². The van der Waals surface area contributed by atoms with Gasteiger partial charge in [0, 0.05) is 51.4 Å². The summed E-state index contributed by atoms with van der Waals surface area (Å²) in [5, 5.41) is 7.75. The van der Waals surface area contributed by atoms with Crippen molar-refractivity contribution in [3.05, 3.63) is 79.8 Å². The molecule has 1 heterocycles. The Labute approximate surface area is 244 Å². The first-order valence-electron chi connectivity index (χ1n) is 12.6. The quantitative estimate of drug-likeness (QED) is 0.245. The minimum absolute atomic E-state index is 0.127. The van der Waals surface area contributed by atoms with Gasteiger partial charge in [-0.25, -0.2) is 0 Å². The van der Waals surface area contributed by atoms with E-state index in [1.54, 1.807) is 36.4 Å². The van der Waals surface area contributed by atoms with Crippen LogP contribution in [0.1, 0.15) is 24.0 Å². The van der Waals surface area contributed by atoms with E-state index in [9.17, 15) is 9.59 Å². The van der Waals surface area contributed by atoms with Gasteiger partial charge in [0.25, 0.3) is 0 Å². The summed E-state index contributed by atoms with van der Waals surface area (Å²) in [5.74, 6) is -0.254. The Kier molecular flexibility index (Phi) is 12.9. The molecule has 3 rings (SSSR count). The van der Waals surface area contributed by atoms with Gasteiger partial charge < -0.3 is 20.4 Å². The van der Waals surface area contributed by atoms with Crippen molar-refractivity contribution in [2.45, 2.75) is 12.8 Å². The van der Waals surface area contributed by atoms with Gasteiger partial charge in [-0.2, -0.15) is 0 Å². The van der Waals surface area contributed by atoms with Gasteiger partial charge in [0.2, 0.25) is 11.8 Å². The molecule has 0 aliphatic carbocycles. The number of carbonyl (C=O) groups is 2. The predicted octanol–water partition coefficient (Wildman–Crippen LogP) is 5.66.